The number of esters is 1. The van der Waals surface area contributed by atoms with Crippen LogP contribution in [0.15, 0.2) is 24.4 Å². The fraction of sp³-hybridized carbons (Fsp3) is 0.600. The predicted molar refractivity (Wildman–Crippen MR) is 137 cm³/mol. The second-order valence-electron chi connectivity index (χ2n) is 9.27. The van der Waals surface area contributed by atoms with Crippen LogP contribution < -0.4 is 20.1 Å². The first-order valence-electron chi connectivity index (χ1n) is 12.4. The SMILES string of the molecule is COc1ccc(NC(=O)N(C)C[C@H]2OCc3cn(nn3)CCCC(=O)OC[C@H](C)NC[C@H]2C)c(OC)c1. The molecule has 2 heterocycles. The monoisotopic (exact) mass is 518 g/mol. The zero-order chi connectivity index (χ0) is 26.8. The van der Waals surface area contributed by atoms with Crippen molar-refractivity contribution in [2.75, 3.05) is 46.3 Å². The molecule has 1 aromatic carbocycles. The van der Waals surface area contributed by atoms with Crippen LogP contribution in [0.1, 0.15) is 32.4 Å². The summed E-state index contributed by atoms with van der Waals surface area (Å²) >= 11 is 0. The minimum atomic E-state index is -0.300. The van der Waals surface area contributed by atoms with Crippen molar-refractivity contribution in [3.63, 3.8) is 0 Å². The third-order valence-corrected chi connectivity index (χ3v) is 6.17. The smallest absolute Gasteiger partial charge is 0.321 e. The Morgan fingerprint density at radius 2 is 2.11 bits per heavy atom. The molecule has 2 amide bonds. The summed E-state index contributed by atoms with van der Waals surface area (Å²) in [4.78, 5) is 26.6. The number of methoxy groups -OCH3 is 2. The van der Waals surface area contributed by atoms with Gasteiger partial charge in [0, 0.05) is 45.2 Å². The minimum Gasteiger partial charge on any atom is -0.497 e. The Kier molecular flexibility index (Phi) is 10.5. The van der Waals surface area contributed by atoms with E-state index in [-0.39, 0.29) is 43.3 Å². The van der Waals surface area contributed by atoms with Crippen molar-refractivity contribution in [3.8, 4) is 11.5 Å². The van der Waals surface area contributed by atoms with Gasteiger partial charge in [-0.05, 0) is 31.4 Å². The van der Waals surface area contributed by atoms with E-state index in [1.807, 2.05) is 13.1 Å². The van der Waals surface area contributed by atoms with Crippen LogP contribution in [0.2, 0.25) is 0 Å². The lowest BCUT2D eigenvalue weighted by Crippen LogP contribution is -2.44. The molecule has 3 rings (SSSR count). The maximum absolute atomic E-state index is 13.0. The van der Waals surface area contributed by atoms with Gasteiger partial charge in [-0.3, -0.25) is 9.48 Å². The number of aromatic nitrogens is 3. The van der Waals surface area contributed by atoms with E-state index in [0.717, 1.165) is 0 Å². The van der Waals surface area contributed by atoms with E-state index in [4.69, 9.17) is 18.9 Å². The number of hydrogen-bond acceptors (Lipinski definition) is 9. The Hall–Kier alpha value is -3.38. The van der Waals surface area contributed by atoms with Gasteiger partial charge in [0.1, 0.15) is 23.8 Å². The molecule has 37 heavy (non-hydrogen) atoms. The van der Waals surface area contributed by atoms with Crippen LogP contribution in [-0.4, -0.2) is 85.0 Å². The van der Waals surface area contributed by atoms with E-state index in [1.54, 1.807) is 41.9 Å². The van der Waals surface area contributed by atoms with Gasteiger partial charge in [-0.15, -0.1) is 5.10 Å². The molecule has 1 aliphatic heterocycles. The van der Waals surface area contributed by atoms with Gasteiger partial charge in [0.2, 0.25) is 0 Å². The second-order valence-corrected chi connectivity index (χ2v) is 9.27. The molecule has 1 aromatic heterocycles. The first-order valence-corrected chi connectivity index (χ1v) is 12.4. The highest BCUT2D eigenvalue weighted by Crippen LogP contribution is 2.29. The number of nitrogens with one attached hydrogen (secondary N) is 2. The molecule has 2 N–H and O–H groups in total. The molecule has 0 fully saturated rings. The number of nitrogens with zero attached hydrogens (tertiary/aromatic N) is 4. The average Bonchev–Trinajstić information content (AvgIpc) is 3.35. The van der Waals surface area contributed by atoms with E-state index >= 15 is 0 Å². The fourth-order valence-corrected chi connectivity index (χ4v) is 3.82. The summed E-state index contributed by atoms with van der Waals surface area (Å²) < 4.78 is 23.9. The number of amides is 2. The average molecular weight is 519 g/mol. The van der Waals surface area contributed by atoms with Gasteiger partial charge in [0.25, 0.3) is 0 Å². The lowest BCUT2D eigenvalue weighted by molar-refractivity contribution is -0.144. The Morgan fingerprint density at radius 1 is 1.30 bits per heavy atom. The Labute approximate surface area is 217 Å². The van der Waals surface area contributed by atoms with Crippen LogP contribution in [0.4, 0.5) is 10.5 Å². The van der Waals surface area contributed by atoms with Crippen molar-refractivity contribution in [1.82, 2.24) is 25.2 Å². The van der Waals surface area contributed by atoms with Crippen LogP contribution in [0.3, 0.4) is 0 Å². The molecule has 0 spiro atoms. The highest BCUT2D eigenvalue weighted by Gasteiger charge is 2.24. The Bertz CT molecular complexity index is 1030. The Morgan fingerprint density at radius 3 is 2.86 bits per heavy atom. The van der Waals surface area contributed by atoms with Crippen LogP contribution in [-0.2, 0) is 27.4 Å². The van der Waals surface area contributed by atoms with Crippen molar-refractivity contribution in [3.05, 3.63) is 30.1 Å². The Balaban J connectivity index is 1.68. The number of hydrogen-bond donors (Lipinski definition) is 2. The number of fused-ring (bicyclic) bond motifs is 2. The van der Waals surface area contributed by atoms with Crippen LogP contribution in [0.25, 0.3) is 0 Å². The van der Waals surface area contributed by atoms with Gasteiger partial charge in [0.15, 0.2) is 0 Å². The first kappa shape index (κ1) is 28.2. The molecule has 2 aromatic rings. The molecule has 0 saturated heterocycles. The molecule has 3 atom stereocenters. The molecule has 0 radical (unpaired) electrons. The third kappa shape index (κ3) is 8.60. The summed E-state index contributed by atoms with van der Waals surface area (Å²) in [7, 11) is 4.82. The standard InChI is InChI=1S/C25H38N6O6/c1-17-12-26-18(2)15-37-24(32)7-6-10-31-13-19(28-29-31)16-36-23(17)14-30(3)25(33)27-21-9-8-20(34-4)11-22(21)35-5/h8-9,11,13,17-18,23,26H,6-7,10,12,14-16H2,1-5H3,(H,27,33)/t17-,18+,23-/m1/s1. The number of urea groups is 1. The van der Waals surface area contributed by atoms with Gasteiger partial charge in [-0.25, -0.2) is 4.79 Å². The molecule has 204 valence electrons. The van der Waals surface area contributed by atoms with E-state index < -0.39 is 0 Å². The minimum absolute atomic E-state index is 0.0174. The largest absolute Gasteiger partial charge is 0.497 e. The predicted octanol–water partition coefficient (Wildman–Crippen LogP) is 2.30. The number of anilines is 1. The molecule has 12 nitrogen and oxygen atoms in total. The lowest BCUT2D eigenvalue weighted by Gasteiger charge is -2.30. The molecule has 1 aliphatic rings. The molecular weight excluding hydrogens is 480 g/mol. The quantitative estimate of drug-likeness (QED) is 0.573. The number of ether oxygens (including phenoxy) is 4. The van der Waals surface area contributed by atoms with Gasteiger partial charge in [0.05, 0.1) is 38.8 Å². The number of likely N-dealkylation sites (N-methyl/N-ethyl adjacent to an activating group) is 1. The number of benzene rings is 1. The molecule has 0 aliphatic carbocycles. The number of aryl methyl sites for hydroxylation is 1. The molecule has 0 unspecified atom stereocenters. The van der Waals surface area contributed by atoms with Crippen LogP contribution in [0.5, 0.6) is 11.5 Å². The van der Waals surface area contributed by atoms with Crippen molar-refractivity contribution in [2.45, 2.75) is 52.0 Å². The van der Waals surface area contributed by atoms with Crippen LogP contribution in [0, 0.1) is 5.92 Å². The van der Waals surface area contributed by atoms with Gasteiger partial charge in [-0.1, -0.05) is 12.1 Å². The topological polar surface area (TPSA) is 129 Å². The van der Waals surface area contributed by atoms with Crippen molar-refractivity contribution >= 4 is 17.7 Å². The van der Waals surface area contributed by atoms with E-state index in [2.05, 4.69) is 27.9 Å². The highest BCUT2D eigenvalue weighted by atomic mass is 16.5. The first-order chi connectivity index (χ1) is 17.8. The van der Waals surface area contributed by atoms with E-state index in [0.29, 0.717) is 55.4 Å². The van der Waals surface area contributed by atoms with Crippen LogP contribution >= 0.6 is 0 Å². The zero-order valence-corrected chi connectivity index (χ0v) is 22.2. The van der Waals surface area contributed by atoms with Crippen molar-refractivity contribution in [2.24, 2.45) is 5.92 Å². The summed E-state index contributed by atoms with van der Waals surface area (Å²) in [5, 5.41) is 14.6. The number of cyclic esters (lactones) is 1. The number of carbonyl (C=O) groups is 2. The molecule has 2 bridgehead atoms. The molecule has 12 heteroatoms. The van der Waals surface area contributed by atoms with E-state index in [1.165, 1.54) is 7.11 Å². The summed E-state index contributed by atoms with van der Waals surface area (Å²) in [5.41, 5.74) is 1.22. The zero-order valence-electron chi connectivity index (χ0n) is 22.2. The lowest BCUT2D eigenvalue weighted by atomic mass is 10.0. The maximum atomic E-state index is 13.0. The highest BCUT2D eigenvalue weighted by molar-refractivity contribution is 5.91. The van der Waals surface area contributed by atoms with E-state index in [9.17, 15) is 9.59 Å². The number of rotatable bonds is 5. The number of carbonyl (C=O) groups excluding carboxylic acids is 2. The van der Waals surface area contributed by atoms with Gasteiger partial charge in [-0.2, -0.15) is 0 Å². The summed E-state index contributed by atoms with van der Waals surface area (Å²) in [6, 6.07) is 4.88. The van der Waals surface area contributed by atoms with Crippen molar-refractivity contribution in [1.29, 1.82) is 0 Å². The normalized spacial score (nSPS) is 21.5. The fourth-order valence-electron chi connectivity index (χ4n) is 3.82. The van der Waals surface area contributed by atoms with Gasteiger partial charge >= 0.3 is 12.0 Å². The second kappa shape index (κ2) is 13.8. The summed E-state index contributed by atoms with van der Waals surface area (Å²) in [5.74, 6) is 0.936. The van der Waals surface area contributed by atoms with Crippen molar-refractivity contribution < 1.29 is 28.5 Å². The third-order valence-electron chi connectivity index (χ3n) is 6.17. The summed E-state index contributed by atoms with van der Waals surface area (Å²) in [6.45, 7) is 6.07. The maximum Gasteiger partial charge on any atom is 0.321 e. The molecular formula is C25H38N6O6. The molecule has 0 saturated carbocycles. The summed E-state index contributed by atoms with van der Waals surface area (Å²) in [6.07, 6.45) is 2.45. The van der Waals surface area contributed by atoms with Gasteiger partial charge < -0.3 is 34.5 Å².